The zero-order valence-electron chi connectivity index (χ0n) is 30.5. The molecule has 0 aromatic heterocycles. The highest BCUT2D eigenvalue weighted by atomic mass is 16.5. The molecule has 8 heteroatoms. The largest absolute Gasteiger partial charge is 0.493 e. The third kappa shape index (κ3) is 6.83. The van der Waals surface area contributed by atoms with Gasteiger partial charge in [-0.25, -0.2) is 0 Å². The SMILES string of the molecule is CCOc1c2c(c(OCC)c(OC)c1OC)C(C(C)C)N(c1ccccc1)[C@@H](CCC[C@@](C#N)(c1ccc(OC)c(OC)c1)C(C)C)C2. The Bertz CT molecular complexity index is 1550. The van der Waals surface area contributed by atoms with Gasteiger partial charge in [-0.05, 0) is 81.2 Å². The lowest BCUT2D eigenvalue weighted by Crippen LogP contribution is -2.46. The Morgan fingerprint density at radius 3 is 1.98 bits per heavy atom. The van der Waals surface area contributed by atoms with E-state index >= 15 is 0 Å². The molecule has 0 fully saturated rings. The summed E-state index contributed by atoms with van der Waals surface area (Å²) < 4.78 is 35.9. The van der Waals surface area contributed by atoms with E-state index in [0.29, 0.717) is 48.4 Å². The molecule has 48 heavy (non-hydrogen) atoms. The van der Waals surface area contributed by atoms with Gasteiger partial charge in [-0.15, -0.1) is 0 Å². The Labute approximate surface area is 287 Å². The normalized spacial score (nSPS) is 16.9. The molecule has 0 N–H and O–H groups in total. The predicted molar refractivity (Wildman–Crippen MR) is 191 cm³/mol. The van der Waals surface area contributed by atoms with Crippen LogP contribution in [0, 0.1) is 23.2 Å². The number of benzene rings is 3. The van der Waals surface area contributed by atoms with Crippen molar-refractivity contribution in [2.24, 2.45) is 11.8 Å². The summed E-state index contributed by atoms with van der Waals surface area (Å²) in [7, 11) is 6.57. The van der Waals surface area contributed by atoms with Crippen molar-refractivity contribution in [3.05, 3.63) is 65.2 Å². The lowest BCUT2D eigenvalue weighted by Gasteiger charge is -2.48. The Hall–Kier alpha value is -4.25. The van der Waals surface area contributed by atoms with E-state index in [1.165, 1.54) is 0 Å². The van der Waals surface area contributed by atoms with Crippen molar-refractivity contribution in [3.63, 3.8) is 0 Å². The highest BCUT2D eigenvalue weighted by Crippen LogP contribution is 2.57. The Kier molecular flexibility index (Phi) is 12.4. The van der Waals surface area contributed by atoms with Crippen molar-refractivity contribution < 1.29 is 28.4 Å². The topological polar surface area (TPSA) is 82.4 Å². The third-order valence-corrected chi connectivity index (χ3v) is 9.75. The van der Waals surface area contributed by atoms with Crippen LogP contribution in [0.15, 0.2) is 48.5 Å². The van der Waals surface area contributed by atoms with Gasteiger partial charge >= 0.3 is 0 Å². The number of para-hydroxylation sites is 1. The highest BCUT2D eigenvalue weighted by Gasteiger charge is 2.44. The minimum atomic E-state index is -0.698. The molecule has 3 atom stereocenters. The fraction of sp³-hybridized carbons (Fsp3) is 0.525. The zero-order valence-corrected chi connectivity index (χ0v) is 30.5. The molecule has 8 nitrogen and oxygen atoms in total. The number of nitrogens with zero attached hydrogens (tertiary/aromatic N) is 2. The number of ether oxygens (including phenoxy) is 6. The summed E-state index contributed by atoms with van der Waals surface area (Å²) in [5, 5.41) is 10.8. The van der Waals surface area contributed by atoms with Crippen LogP contribution in [0.1, 0.15) is 83.5 Å². The maximum Gasteiger partial charge on any atom is 0.207 e. The first kappa shape index (κ1) is 36.6. The first-order valence-electron chi connectivity index (χ1n) is 17.2. The molecule has 0 saturated carbocycles. The van der Waals surface area contributed by atoms with Crippen LogP contribution < -0.4 is 33.3 Å². The van der Waals surface area contributed by atoms with Crippen molar-refractivity contribution in [1.29, 1.82) is 5.26 Å². The highest BCUT2D eigenvalue weighted by molar-refractivity contribution is 5.71. The molecule has 260 valence electrons. The van der Waals surface area contributed by atoms with E-state index in [1.54, 1.807) is 28.4 Å². The first-order valence-corrected chi connectivity index (χ1v) is 17.2. The summed E-state index contributed by atoms with van der Waals surface area (Å²) >= 11 is 0. The molecule has 1 heterocycles. The Morgan fingerprint density at radius 2 is 1.44 bits per heavy atom. The average Bonchev–Trinajstić information content (AvgIpc) is 3.10. The molecule has 0 bridgehead atoms. The van der Waals surface area contributed by atoms with Gasteiger partial charge < -0.3 is 33.3 Å². The van der Waals surface area contributed by atoms with Crippen LogP contribution in [0.5, 0.6) is 34.5 Å². The zero-order chi connectivity index (χ0) is 35.0. The molecule has 0 amide bonds. The van der Waals surface area contributed by atoms with E-state index in [9.17, 15) is 5.26 Å². The van der Waals surface area contributed by atoms with Crippen molar-refractivity contribution in [2.45, 2.75) is 84.7 Å². The van der Waals surface area contributed by atoms with Crippen LogP contribution in [-0.2, 0) is 11.8 Å². The molecular weight excluding hydrogens is 604 g/mol. The molecular formula is C40H54N2O6. The first-order chi connectivity index (χ1) is 23.2. The fourth-order valence-corrected chi connectivity index (χ4v) is 7.51. The molecule has 4 rings (SSSR count). The van der Waals surface area contributed by atoms with Gasteiger partial charge in [0.05, 0.1) is 59.2 Å². The van der Waals surface area contributed by atoms with Crippen LogP contribution in [0.25, 0.3) is 0 Å². The van der Waals surface area contributed by atoms with Gasteiger partial charge in [-0.3, -0.25) is 0 Å². The van der Waals surface area contributed by atoms with E-state index in [-0.39, 0.29) is 23.9 Å². The maximum atomic E-state index is 10.8. The second-order valence-corrected chi connectivity index (χ2v) is 13.0. The van der Waals surface area contributed by atoms with E-state index in [2.05, 4.69) is 69.0 Å². The van der Waals surface area contributed by atoms with Gasteiger partial charge in [0.1, 0.15) is 0 Å². The number of hydrogen-bond acceptors (Lipinski definition) is 8. The summed E-state index contributed by atoms with van der Waals surface area (Å²) in [6, 6.07) is 19.3. The van der Waals surface area contributed by atoms with Crippen molar-refractivity contribution >= 4 is 5.69 Å². The molecule has 1 aliphatic rings. The molecule has 0 spiro atoms. The molecule has 3 aromatic carbocycles. The second kappa shape index (κ2) is 16.2. The second-order valence-electron chi connectivity index (χ2n) is 13.0. The van der Waals surface area contributed by atoms with E-state index in [0.717, 1.165) is 47.4 Å². The summed E-state index contributed by atoms with van der Waals surface area (Å²) in [6.45, 7) is 13.7. The standard InChI is InChI=1S/C40H54N2O6/c1-11-47-36-31-24-30(19-16-22-40(25-41,27(5)6)28-20-21-32(43-7)33(23-28)44-8)42(29-17-14-13-15-18-29)35(26(3)4)34(31)37(48-12-2)39(46-10)38(36)45-9/h13-15,17-18,20-21,23,26-27,30,35H,11-12,16,19,22,24H2,1-10H3/t30-,35?,40-/m0/s1. The van der Waals surface area contributed by atoms with E-state index < -0.39 is 5.41 Å². The Morgan fingerprint density at radius 1 is 0.812 bits per heavy atom. The lowest BCUT2D eigenvalue weighted by molar-refractivity contribution is 0.259. The van der Waals surface area contributed by atoms with E-state index in [1.807, 2.05) is 32.0 Å². The van der Waals surface area contributed by atoms with Gasteiger partial charge in [-0.2, -0.15) is 5.26 Å². The van der Waals surface area contributed by atoms with Crippen molar-refractivity contribution in [1.82, 2.24) is 0 Å². The maximum absolute atomic E-state index is 10.8. The monoisotopic (exact) mass is 658 g/mol. The van der Waals surface area contributed by atoms with Crippen LogP contribution in [0.4, 0.5) is 5.69 Å². The molecule has 0 aliphatic carbocycles. The quantitative estimate of drug-likeness (QED) is 0.151. The number of methoxy groups -OCH3 is 4. The average molecular weight is 659 g/mol. The molecule has 1 aliphatic heterocycles. The molecule has 3 aromatic rings. The smallest absolute Gasteiger partial charge is 0.207 e. The van der Waals surface area contributed by atoms with Crippen LogP contribution in [0.3, 0.4) is 0 Å². The minimum absolute atomic E-state index is 0.0293. The lowest BCUT2D eigenvalue weighted by atomic mass is 9.69. The van der Waals surface area contributed by atoms with Crippen LogP contribution in [-0.4, -0.2) is 47.7 Å². The van der Waals surface area contributed by atoms with Gasteiger partial charge in [0, 0.05) is 22.9 Å². The van der Waals surface area contributed by atoms with Crippen LogP contribution >= 0.6 is 0 Å². The van der Waals surface area contributed by atoms with Crippen molar-refractivity contribution in [2.75, 3.05) is 46.6 Å². The third-order valence-electron chi connectivity index (χ3n) is 9.75. The minimum Gasteiger partial charge on any atom is -0.493 e. The van der Waals surface area contributed by atoms with Gasteiger partial charge in [-0.1, -0.05) is 52.0 Å². The molecule has 0 radical (unpaired) electrons. The van der Waals surface area contributed by atoms with Gasteiger partial charge in [0.25, 0.3) is 0 Å². The molecule has 0 saturated heterocycles. The van der Waals surface area contributed by atoms with Gasteiger partial charge in [0.15, 0.2) is 23.0 Å². The van der Waals surface area contributed by atoms with Crippen LogP contribution in [0.2, 0.25) is 0 Å². The number of rotatable bonds is 16. The fourth-order valence-electron chi connectivity index (χ4n) is 7.51. The predicted octanol–water partition coefficient (Wildman–Crippen LogP) is 8.93. The Balaban J connectivity index is 1.85. The van der Waals surface area contributed by atoms with Gasteiger partial charge in [0.2, 0.25) is 11.5 Å². The summed E-state index contributed by atoms with van der Waals surface area (Å²) in [4.78, 5) is 2.57. The number of fused-ring (bicyclic) bond motifs is 1. The number of hydrogen-bond donors (Lipinski definition) is 0. The molecule has 1 unspecified atom stereocenters. The number of anilines is 1. The summed E-state index contributed by atoms with van der Waals surface area (Å²) in [5.41, 5.74) is 3.59. The van der Waals surface area contributed by atoms with E-state index in [4.69, 9.17) is 28.4 Å². The summed E-state index contributed by atoms with van der Waals surface area (Å²) in [6.07, 6.45) is 3.12. The summed E-state index contributed by atoms with van der Waals surface area (Å²) in [5.74, 6) is 4.14. The van der Waals surface area contributed by atoms with Crippen molar-refractivity contribution in [3.8, 4) is 40.6 Å². The number of nitriles is 1.